The number of likely N-dealkylation sites (N-methyl/N-ethyl adjacent to an activating group) is 1. The SMILES string of the molecule is CCN(CC(F)(F)F)C(=O)[C@H](O)C#Cc1ccc(C)c(-c2ccc3ccnc(N)c3c2)c1. The van der Waals surface area contributed by atoms with Crippen molar-refractivity contribution in [3.05, 3.63) is 59.8 Å². The lowest BCUT2D eigenvalue weighted by molar-refractivity contribution is -0.164. The highest BCUT2D eigenvalue weighted by Gasteiger charge is 2.33. The van der Waals surface area contributed by atoms with Gasteiger partial charge in [0.05, 0.1) is 0 Å². The van der Waals surface area contributed by atoms with Crippen molar-refractivity contribution in [1.82, 2.24) is 9.88 Å². The number of nitrogens with two attached hydrogens (primary N) is 1. The molecule has 2 aromatic carbocycles. The van der Waals surface area contributed by atoms with E-state index in [-0.39, 0.29) is 6.54 Å². The minimum atomic E-state index is -4.55. The second-order valence-corrected chi connectivity index (χ2v) is 7.30. The number of aliphatic hydroxyl groups is 1. The first-order valence-electron chi connectivity index (χ1n) is 9.89. The maximum Gasteiger partial charge on any atom is 0.406 e. The van der Waals surface area contributed by atoms with Gasteiger partial charge < -0.3 is 15.7 Å². The minimum absolute atomic E-state index is 0.189. The van der Waals surface area contributed by atoms with Crippen molar-refractivity contribution in [1.29, 1.82) is 0 Å². The molecule has 3 N–H and O–H groups in total. The first-order chi connectivity index (χ1) is 15.1. The van der Waals surface area contributed by atoms with Crippen LogP contribution in [0.4, 0.5) is 19.0 Å². The van der Waals surface area contributed by atoms with Crippen molar-refractivity contribution in [2.24, 2.45) is 0 Å². The van der Waals surface area contributed by atoms with E-state index in [1.165, 1.54) is 6.92 Å². The van der Waals surface area contributed by atoms with Gasteiger partial charge in [-0.2, -0.15) is 13.2 Å². The normalized spacial score (nSPS) is 12.2. The number of benzene rings is 2. The van der Waals surface area contributed by atoms with Gasteiger partial charge in [-0.15, -0.1) is 0 Å². The van der Waals surface area contributed by atoms with E-state index in [0.29, 0.717) is 16.3 Å². The van der Waals surface area contributed by atoms with Crippen LogP contribution < -0.4 is 5.73 Å². The van der Waals surface area contributed by atoms with Gasteiger partial charge in [-0.3, -0.25) is 4.79 Å². The molecule has 1 heterocycles. The van der Waals surface area contributed by atoms with Crippen LogP contribution in [-0.4, -0.2) is 46.3 Å². The van der Waals surface area contributed by atoms with Crippen LogP contribution in [0, 0.1) is 18.8 Å². The van der Waals surface area contributed by atoms with Gasteiger partial charge in [0, 0.05) is 23.7 Å². The number of aliphatic hydroxyl groups excluding tert-OH is 1. The fourth-order valence-corrected chi connectivity index (χ4v) is 3.32. The number of hydrogen-bond acceptors (Lipinski definition) is 4. The molecular weight excluding hydrogens is 419 g/mol. The molecule has 0 bridgehead atoms. The molecule has 3 aromatic rings. The lowest BCUT2D eigenvalue weighted by Crippen LogP contribution is -2.43. The Balaban J connectivity index is 1.88. The van der Waals surface area contributed by atoms with Crippen LogP contribution in [-0.2, 0) is 4.79 Å². The third-order valence-corrected chi connectivity index (χ3v) is 5.00. The molecular formula is C24H22F3N3O2. The van der Waals surface area contributed by atoms with Crippen LogP contribution >= 0.6 is 0 Å². The third kappa shape index (κ3) is 5.37. The Hall–Kier alpha value is -3.57. The zero-order valence-corrected chi connectivity index (χ0v) is 17.6. The maximum absolute atomic E-state index is 12.6. The van der Waals surface area contributed by atoms with Gasteiger partial charge in [0.25, 0.3) is 5.91 Å². The Bertz CT molecular complexity index is 1210. The van der Waals surface area contributed by atoms with Crippen LogP contribution in [0.5, 0.6) is 0 Å². The van der Waals surface area contributed by atoms with E-state index in [9.17, 15) is 23.1 Å². The summed E-state index contributed by atoms with van der Waals surface area (Å²) >= 11 is 0. The second-order valence-electron chi connectivity index (χ2n) is 7.30. The average molecular weight is 441 g/mol. The van der Waals surface area contributed by atoms with E-state index in [1.54, 1.807) is 18.3 Å². The number of nitrogen functional groups attached to an aromatic ring is 1. The van der Waals surface area contributed by atoms with Crippen LogP contribution in [0.15, 0.2) is 48.7 Å². The summed E-state index contributed by atoms with van der Waals surface area (Å²) in [4.78, 5) is 16.8. The van der Waals surface area contributed by atoms with Crippen LogP contribution in [0.2, 0.25) is 0 Å². The molecule has 0 unspecified atom stereocenters. The number of rotatable bonds is 4. The second kappa shape index (κ2) is 9.28. The number of carbonyl (C=O) groups excluding carboxylic acids is 1. The van der Waals surface area contributed by atoms with Gasteiger partial charge in [0.2, 0.25) is 0 Å². The third-order valence-electron chi connectivity index (χ3n) is 5.00. The Morgan fingerprint density at radius 3 is 2.66 bits per heavy atom. The van der Waals surface area contributed by atoms with Gasteiger partial charge in [0.1, 0.15) is 12.4 Å². The monoisotopic (exact) mass is 441 g/mol. The number of amides is 1. The molecule has 1 atom stereocenters. The first-order valence-corrected chi connectivity index (χ1v) is 9.89. The number of pyridine rings is 1. The van der Waals surface area contributed by atoms with Crippen molar-refractivity contribution >= 4 is 22.5 Å². The summed E-state index contributed by atoms with van der Waals surface area (Å²) in [5.74, 6) is 4.37. The Labute approximate surface area is 183 Å². The summed E-state index contributed by atoms with van der Waals surface area (Å²) in [6.45, 7) is 1.71. The molecule has 0 aliphatic carbocycles. The molecule has 0 aliphatic rings. The van der Waals surface area contributed by atoms with E-state index in [0.717, 1.165) is 27.5 Å². The molecule has 1 aromatic heterocycles. The Morgan fingerprint density at radius 1 is 1.22 bits per heavy atom. The highest BCUT2D eigenvalue weighted by Crippen LogP contribution is 2.29. The Morgan fingerprint density at radius 2 is 1.97 bits per heavy atom. The minimum Gasteiger partial charge on any atom is -0.383 e. The van der Waals surface area contributed by atoms with Crippen molar-refractivity contribution in [3.8, 4) is 23.0 Å². The number of aromatic nitrogens is 1. The highest BCUT2D eigenvalue weighted by atomic mass is 19.4. The smallest absolute Gasteiger partial charge is 0.383 e. The summed E-state index contributed by atoms with van der Waals surface area (Å²) in [6, 6.07) is 13.0. The van der Waals surface area contributed by atoms with E-state index in [2.05, 4.69) is 16.8 Å². The maximum atomic E-state index is 12.6. The molecule has 0 saturated heterocycles. The zero-order chi connectivity index (χ0) is 23.5. The number of hydrogen-bond donors (Lipinski definition) is 2. The molecule has 32 heavy (non-hydrogen) atoms. The number of anilines is 1. The van der Waals surface area contributed by atoms with Gasteiger partial charge in [0.15, 0.2) is 6.10 Å². The number of fused-ring (bicyclic) bond motifs is 1. The Kier molecular flexibility index (Phi) is 6.70. The molecule has 3 rings (SSSR count). The van der Waals surface area contributed by atoms with Crippen LogP contribution in [0.3, 0.4) is 0 Å². The van der Waals surface area contributed by atoms with Gasteiger partial charge in [-0.1, -0.05) is 30.0 Å². The predicted octanol–water partition coefficient (Wildman–Crippen LogP) is 3.92. The molecule has 0 radical (unpaired) electrons. The van der Waals surface area contributed by atoms with E-state index in [4.69, 9.17) is 5.73 Å². The molecule has 1 amide bonds. The summed E-state index contributed by atoms with van der Waals surface area (Å²) in [5.41, 5.74) is 9.22. The highest BCUT2D eigenvalue weighted by molar-refractivity contribution is 5.94. The molecule has 0 spiro atoms. The van der Waals surface area contributed by atoms with E-state index >= 15 is 0 Å². The fourth-order valence-electron chi connectivity index (χ4n) is 3.32. The molecule has 8 heteroatoms. The molecule has 0 fully saturated rings. The quantitative estimate of drug-likeness (QED) is 0.602. The van der Waals surface area contributed by atoms with Crippen molar-refractivity contribution < 1.29 is 23.1 Å². The van der Waals surface area contributed by atoms with Gasteiger partial charge in [-0.25, -0.2) is 4.98 Å². The fraction of sp³-hybridized carbons (Fsp3) is 0.250. The molecule has 5 nitrogen and oxygen atoms in total. The summed E-state index contributed by atoms with van der Waals surface area (Å²) < 4.78 is 37.8. The lowest BCUT2D eigenvalue weighted by Gasteiger charge is -2.23. The topological polar surface area (TPSA) is 79.5 Å². The summed E-state index contributed by atoms with van der Waals surface area (Å²) in [5, 5.41) is 11.8. The molecule has 166 valence electrons. The van der Waals surface area contributed by atoms with E-state index < -0.39 is 24.7 Å². The largest absolute Gasteiger partial charge is 0.406 e. The summed E-state index contributed by atoms with van der Waals surface area (Å²) in [7, 11) is 0. The number of aryl methyl sites for hydroxylation is 1. The first kappa shape index (κ1) is 23.1. The average Bonchev–Trinajstić information content (AvgIpc) is 2.75. The number of carbonyl (C=O) groups is 1. The standard InChI is InChI=1S/C24H22F3N3O2/c1-3-30(14-24(25,26)27)23(32)21(31)9-6-16-5-4-15(2)19(12-16)18-8-7-17-10-11-29-22(28)20(17)13-18/h4-5,7-8,10-13,21,31H,3,14H2,1-2H3,(H2,28,29)/t21-/m1/s1. The number of nitrogens with zero attached hydrogens (tertiary/aromatic N) is 2. The van der Waals surface area contributed by atoms with Gasteiger partial charge >= 0.3 is 6.18 Å². The van der Waals surface area contributed by atoms with Crippen molar-refractivity contribution in [2.45, 2.75) is 26.1 Å². The van der Waals surface area contributed by atoms with Gasteiger partial charge in [-0.05, 0) is 60.2 Å². The van der Waals surface area contributed by atoms with Crippen LogP contribution in [0.1, 0.15) is 18.1 Å². The van der Waals surface area contributed by atoms with Crippen molar-refractivity contribution in [3.63, 3.8) is 0 Å². The lowest BCUT2D eigenvalue weighted by atomic mass is 9.96. The van der Waals surface area contributed by atoms with Crippen LogP contribution in [0.25, 0.3) is 21.9 Å². The zero-order valence-electron chi connectivity index (χ0n) is 17.6. The summed E-state index contributed by atoms with van der Waals surface area (Å²) in [6.07, 6.45) is -4.77. The molecule has 0 saturated carbocycles. The van der Waals surface area contributed by atoms with Crippen molar-refractivity contribution in [2.75, 3.05) is 18.8 Å². The predicted molar refractivity (Wildman–Crippen MR) is 118 cm³/mol. The van der Waals surface area contributed by atoms with E-state index in [1.807, 2.05) is 37.3 Å². The number of halogens is 3. The number of alkyl halides is 3. The molecule has 0 aliphatic heterocycles.